The fourth-order valence-corrected chi connectivity index (χ4v) is 3.84. The standard InChI is InChI=1S/C21H27N5/c1-16-18(12-22-26(16)13-17-8-4-3-5-9-17)14-25(2)15-21-19-10-6-7-11-20(19)23-24-21/h3-5,8-9,12H,6-7,10-11,13-15H2,1-2H3,(H,23,24). The van der Waals surface area contributed by atoms with E-state index in [1.54, 1.807) is 0 Å². The third kappa shape index (κ3) is 3.58. The zero-order chi connectivity index (χ0) is 17.9. The molecule has 4 rings (SSSR count). The Morgan fingerprint density at radius 2 is 1.92 bits per heavy atom. The van der Waals surface area contributed by atoms with E-state index in [2.05, 4.69) is 63.1 Å². The molecule has 2 aromatic heterocycles. The molecule has 0 radical (unpaired) electrons. The van der Waals surface area contributed by atoms with Crippen molar-refractivity contribution in [3.63, 3.8) is 0 Å². The number of fused-ring (bicyclic) bond motifs is 1. The Bertz CT molecular complexity index is 862. The minimum absolute atomic E-state index is 0.823. The van der Waals surface area contributed by atoms with E-state index in [9.17, 15) is 0 Å². The molecule has 3 aromatic rings. The van der Waals surface area contributed by atoms with Gasteiger partial charge in [-0.3, -0.25) is 14.7 Å². The maximum atomic E-state index is 4.60. The van der Waals surface area contributed by atoms with Crippen LogP contribution in [0.15, 0.2) is 36.5 Å². The van der Waals surface area contributed by atoms with Crippen LogP contribution in [0, 0.1) is 6.92 Å². The van der Waals surface area contributed by atoms with Gasteiger partial charge in [-0.05, 0) is 50.8 Å². The quantitative estimate of drug-likeness (QED) is 0.741. The molecule has 1 aliphatic rings. The lowest BCUT2D eigenvalue weighted by Gasteiger charge is -2.17. The van der Waals surface area contributed by atoms with Crippen molar-refractivity contribution in [1.82, 2.24) is 24.9 Å². The number of H-pyrrole nitrogens is 1. The van der Waals surface area contributed by atoms with Crippen molar-refractivity contribution in [1.29, 1.82) is 0 Å². The highest BCUT2D eigenvalue weighted by Crippen LogP contribution is 2.23. The SMILES string of the molecule is Cc1c(CN(C)Cc2n[nH]c3c2CCCC3)cnn1Cc1ccccc1. The number of benzene rings is 1. The van der Waals surface area contributed by atoms with Crippen LogP contribution < -0.4 is 0 Å². The second kappa shape index (κ2) is 7.46. The van der Waals surface area contributed by atoms with Gasteiger partial charge in [-0.25, -0.2) is 0 Å². The fourth-order valence-electron chi connectivity index (χ4n) is 3.84. The van der Waals surface area contributed by atoms with Crippen LogP contribution in [0.4, 0.5) is 0 Å². The Hall–Kier alpha value is -2.40. The minimum Gasteiger partial charge on any atom is -0.296 e. The monoisotopic (exact) mass is 349 g/mol. The Kier molecular flexibility index (Phi) is 4.89. The van der Waals surface area contributed by atoms with Crippen molar-refractivity contribution >= 4 is 0 Å². The predicted molar refractivity (Wildman–Crippen MR) is 103 cm³/mol. The molecule has 0 atom stereocenters. The molecular formula is C21H27N5. The van der Waals surface area contributed by atoms with E-state index in [0.29, 0.717) is 0 Å². The van der Waals surface area contributed by atoms with Crippen LogP contribution in [-0.2, 0) is 32.5 Å². The molecule has 0 fully saturated rings. The average molecular weight is 349 g/mol. The summed E-state index contributed by atoms with van der Waals surface area (Å²) in [6.45, 7) is 4.76. The van der Waals surface area contributed by atoms with Crippen molar-refractivity contribution in [3.8, 4) is 0 Å². The second-order valence-electron chi connectivity index (χ2n) is 7.41. The van der Waals surface area contributed by atoms with E-state index in [-0.39, 0.29) is 0 Å². The molecule has 0 amide bonds. The largest absolute Gasteiger partial charge is 0.296 e. The van der Waals surface area contributed by atoms with Gasteiger partial charge >= 0.3 is 0 Å². The number of nitrogens with zero attached hydrogens (tertiary/aromatic N) is 4. The number of nitrogens with one attached hydrogen (secondary N) is 1. The van der Waals surface area contributed by atoms with Crippen molar-refractivity contribution in [2.45, 2.75) is 52.2 Å². The van der Waals surface area contributed by atoms with E-state index in [4.69, 9.17) is 0 Å². The van der Waals surface area contributed by atoms with Crippen LogP contribution in [0.2, 0.25) is 0 Å². The summed E-state index contributed by atoms with van der Waals surface area (Å²) in [6.07, 6.45) is 6.90. The molecule has 2 heterocycles. The molecular weight excluding hydrogens is 322 g/mol. The molecule has 0 aliphatic heterocycles. The fraction of sp³-hybridized carbons (Fsp3) is 0.429. The summed E-state index contributed by atoms with van der Waals surface area (Å²) in [5.41, 5.74) is 7.84. The van der Waals surface area contributed by atoms with Crippen molar-refractivity contribution in [2.75, 3.05) is 7.05 Å². The average Bonchev–Trinajstić information content (AvgIpc) is 3.21. The Morgan fingerprint density at radius 3 is 2.77 bits per heavy atom. The Morgan fingerprint density at radius 1 is 1.12 bits per heavy atom. The molecule has 1 N–H and O–H groups in total. The van der Waals surface area contributed by atoms with E-state index in [1.165, 1.54) is 53.0 Å². The first-order valence-electron chi connectivity index (χ1n) is 9.49. The number of aryl methyl sites for hydroxylation is 1. The molecule has 1 aromatic carbocycles. The van der Waals surface area contributed by atoms with Gasteiger partial charge in [0.15, 0.2) is 0 Å². The van der Waals surface area contributed by atoms with Gasteiger partial charge in [0.05, 0.1) is 18.4 Å². The first kappa shape index (κ1) is 17.0. The number of rotatable bonds is 6. The van der Waals surface area contributed by atoms with E-state index in [0.717, 1.165) is 26.1 Å². The van der Waals surface area contributed by atoms with E-state index < -0.39 is 0 Å². The lowest BCUT2D eigenvalue weighted by molar-refractivity contribution is 0.313. The van der Waals surface area contributed by atoms with E-state index >= 15 is 0 Å². The lowest BCUT2D eigenvalue weighted by atomic mass is 9.96. The Labute approximate surface area is 155 Å². The zero-order valence-corrected chi connectivity index (χ0v) is 15.7. The molecule has 0 spiro atoms. The van der Waals surface area contributed by atoms with Crippen molar-refractivity contribution < 1.29 is 0 Å². The summed E-state index contributed by atoms with van der Waals surface area (Å²) < 4.78 is 2.09. The number of hydrogen-bond donors (Lipinski definition) is 1. The highest BCUT2D eigenvalue weighted by atomic mass is 15.3. The van der Waals surface area contributed by atoms with Gasteiger partial charge < -0.3 is 0 Å². The number of hydrogen-bond acceptors (Lipinski definition) is 3. The van der Waals surface area contributed by atoms with Crippen LogP contribution in [0.1, 0.15) is 46.6 Å². The lowest BCUT2D eigenvalue weighted by Crippen LogP contribution is -2.19. The van der Waals surface area contributed by atoms with Gasteiger partial charge in [0, 0.05) is 30.0 Å². The van der Waals surface area contributed by atoms with Gasteiger partial charge in [-0.15, -0.1) is 0 Å². The highest BCUT2D eigenvalue weighted by Gasteiger charge is 2.18. The maximum Gasteiger partial charge on any atom is 0.0797 e. The van der Waals surface area contributed by atoms with Gasteiger partial charge in [-0.1, -0.05) is 30.3 Å². The predicted octanol–water partition coefficient (Wildman–Crippen LogP) is 3.47. The minimum atomic E-state index is 0.823. The smallest absolute Gasteiger partial charge is 0.0797 e. The van der Waals surface area contributed by atoms with Crippen LogP contribution in [0.5, 0.6) is 0 Å². The number of aromatic nitrogens is 4. The van der Waals surface area contributed by atoms with Gasteiger partial charge in [0.2, 0.25) is 0 Å². The molecule has 0 unspecified atom stereocenters. The summed E-state index contributed by atoms with van der Waals surface area (Å²) >= 11 is 0. The normalized spacial score (nSPS) is 14.0. The van der Waals surface area contributed by atoms with Crippen LogP contribution in [-0.4, -0.2) is 31.9 Å². The molecule has 0 bridgehead atoms. The first-order chi connectivity index (χ1) is 12.7. The summed E-state index contributed by atoms with van der Waals surface area (Å²) in [5.74, 6) is 0. The van der Waals surface area contributed by atoms with Gasteiger partial charge in [0.25, 0.3) is 0 Å². The van der Waals surface area contributed by atoms with Crippen molar-refractivity contribution in [2.24, 2.45) is 0 Å². The topological polar surface area (TPSA) is 49.7 Å². The van der Waals surface area contributed by atoms with Crippen LogP contribution >= 0.6 is 0 Å². The second-order valence-corrected chi connectivity index (χ2v) is 7.41. The number of aromatic amines is 1. The van der Waals surface area contributed by atoms with Crippen molar-refractivity contribution in [3.05, 3.63) is 70.3 Å². The molecule has 136 valence electrons. The molecule has 0 saturated heterocycles. The molecule has 26 heavy (non-hydrogen) atoms. The third-order valence-corrected chi connectivity index (χ3v) is 5.38. The summed E-state index contributed by atoms with van der Waals surface area (Å²) in [6, 6.07) is 10.5. The molecule has 5 nitrogen and oxygen atoms in total. The summed E-state index contributed by atoms with van der Waals surface area (Å²) in [7, 11) is 2.16. The molecule has 0 saturated carbocycles. The Balaban J connectivity index is 1.42. The van der Waals surface area contributed by atoms with E-state index in [1.807, 2.05) is 12.3 Å². The maximum absolute atomic E-state index is 4.60. The summed E-state index contributed by atoms with van der Waals surface area (Å²) in [4.78, 5) is 2.34. The van der Waals surface area contributed by atoms with Crippen LogP contribution in [0.25, 0.3) is 0 Å². The van der Waals surface area contributed by atoms with Gasteiger partial charge in [0.1, 0.15) is 0 Å². The zero-order valence-electron chi connectivity index (χ0n) is 15.7. The van der Waals surface area contributed by atoms with Crippen LogP contribution in [0.3, 0.4) is 0 Å². The molecule has 1 aliphatic carbocycles. The summed E-state index contributed by atoms with van der Waals surface area (Å²) in [5, 5.41) is 12.4. The highest BCUT2D eigenvalue weighted by molar-refractivity contribution is 5.28. The third-order valence-electron chi connectivity index (χ3n) is 5.38. The first-order valence-corrected chi connectivity index (χ1v) is 9.49. The van der Waals surface area contributed by atoms with Gasteiger partial charge in [-0.2, -0.15) is 10.2 Å². The molecule has 5 heteroatoms.